The van der Waals surface area contributed by atoms with E-state index >= 15 is 0 Å². The first-order chi connectivity index (χ1) is 7.19. The summed E-state index contributed by atoms with van der Waals surface area (Å²) in [5, 5.41) is 8.87. The van der Waals surface area contributed by atoms with Crippen LogP contribution in [0.4, 0.5) is 11.5 Å². The minimum atomic E-state index is 0.457. The number of thiol groups is 1. The second-order valence-electron chi connectivity index (χ2n) is 2.50. The normalized spacial score (nSPS) is 8.80. The van der Waals surface area contributed by atoms with Crippen LogP contribution in [0.5, 0.6) is 0 Å². The minimum absolute atomic E-state index is 0.457. The molecular weight excluding hydrogens is 214 g/mol. The van der Waals surface area contributed by atoms with E-state index in [1.165, 1.54) is 0 Å². The summed E-state index contributed by atoms with van der Waals surface area (Å²) in [6, 6.07) is 1.85. The Kier molecular flexibility index (Phi) is 6.52. The van der Waals surface area contributed by atoms with E-state index in [4.69, 9.17) is 10.8 Å². The minimum Gasteiger partial charge on any atom is -0.429 e. The number of quaternary nitrogens is 1. The van der Waals surface area contributed by atoms with Crippen molar-refractivity contribution < 1.29 is 14.6 Å². The molecule has 6 heteroatoms. The van der Waals surface area contributed by atoms with E-state index in [1.54, 1.807) is 6.20 Å². The molecule has 0 amide bonds. The van der Waals surface area contributed by atoms with Gasteiger partial charge >= 0.3 is 0 Å². The topological polar surface area (TPSA) is 85.0 Å². The SMILES string of the molecule is C=C(OS)c1cnc(N)c([NH2+]C)c1.CO. The molecule has 0 fully saturated rings. The molecule has 84 valence electrons. The maximum absolute atomic E-state index is 7.00. The molecule has 0 atom stereocenters. The number of aliphatic hydroxyl groups excluding tert-OH is 1. The zero-order valence-corrected chi connectivity index (χ0v) is 9.66. The van der Waals surface area contributed by atoms with E-state index in [0.717, 1.165) is 18.4 Å². The summed E-state index contributed by atoms with van der Waals surface area (Å²) in [5.41, 5.74) is 7.25. The van der Waals surface area contributed by atoms with Crippen LogP contribution in [0, 0.1) is 0 Å². The third-order valence-electron chi connectivity index (χ3n) is 1.69. The molecule has 0 saturated carbocycles. The van der Waals surface area contributed by atoms with Crippen molar-refractivity contribution in [3.8, 4) is 0 Å². The highest BCUT2D eigenvalue weighted by Gasteiger charge is 2.06. The van der Waals surface area contributed by atoms with Crippen molar-refractivity contribution in [1.29, 1.82) is 0 Å². The second kappa shape index (κ2) is 7.10. The number of rotatable bonds is 3. The fourth-order valence-corrected chi connectivity index (χ4v) is 1.03. The fraction of sp³-hybridized carbons (Fsp3) is 0.222. The van der Waals surface area contributed by atoms with Crippen LogP contribution in [-0.4, -0.2) is 24.2 Å². The summed E-state index contributed by atoms with van der Waals surface area (Å²) in [6.07, 6.45) is 1.60. The van der Waals surface area contributed by atoms with Gasteiger partial charge in [0.25, 0.3) is 0 Å². The van der Waals surface area contributed by atoms with Gasteiger partial charge in [0.1, 0.15) is 5.76 Å². The van der Waals surface area contributed by atoms with Gasteiger partial charge in [0.05, 0.1) is 7.05 Å². The highest BCUT2D eigenvalue weighted by atomic mass is 32.1. The van der Waals surface area contributed by atoms with E-state index in [1.807, 2.05) is 18.4 Å². The molecule has 0 aliphatic heterocycles. The number of nitrogen functional groups attached to an aromatic ring is 1. The van der Waals surface area contributed by atoms with Crippen molar-refractivity contribution in [1.82, 2.24) is 4.98 Å². The first-order valence-electron chi connectivity index (χ1n) is 4.19. The van der Waals surface area contributed by atoms with Crippen LogP contribution in [0.15, 0.2) is 18.8 Å². The zero-order valence-electron chi connectivity index (χ0n) is 8.77. The van der Waals surface area contributed by atoms with Gasteiger partial charge in [0.15, 0.2) is 11.5 Å². The lowest BCUT2D eigenvalue weighted by atomic mass is 10.2. The standard InChI is InChI=1S/C8H11N3OS.CH4O/c1-5(12-13)6-3-7(10-2)8(9)11-4-6;1-2/h3-4,10,13H,1H2,2H3,(H2,9,11);2H,1H3/p+1. The monoisotopic (exact) mass is 230 g/mol. The number of pyridine rings is 1. The first-order valence-corrected chi connectivity index (χ1v) is 4.56. The zero-order chi connectivity index (χ0) is 11.8. The Morgan fingerprint density at radius 2 is 2.27 bits per heavy atom. The number of aromatic nitrogens is 1. The molecule has 0 saturated heterocycles. The van der Waals surface area contributed by atoms with Crippen LogP contribution in [0.25, 0.3) is 5.76 Å². The molecule has 0 bridgehead atoms. The van der Waals surface area contributed by atoms with Crippen molar-refractivity contribution in [2.45, 2.75) is 0 Å². The molecule has 0 aliphatic carbocycles. The van der Waals surface area contributed by atoms with Gasteiger partial charge in [-0.1, -0.05) is 6.58 Å². The van der Waals surface area contributed by atoms with E-state index < -0.39 is 0 Å². The maximum Gasteiger partial charge on any atom is 0.185 e. The van der Waals surface area contributed by atoms with Crippen molar-refractivity contribution in [2.24, 2.45) is 0 Å². The van der Waals surface area contributed by atoms with Gasteiger partial charge in [0, 0.05) is 37.8 Å². The highest BCUT2D eigenvalue weighted by Crippen LogP contribution is 2.18. The molecule has 15 heavy (non-hydrogen) atoms. The van der Waals surface area contributed by atoms with Crippen LogP contribution in [0.2, 0.25) is 0 Å². The van der Waals surface area contributed by atoms with Crippen molar-refractivity contribution in [2.75, 3.05) is 19.9 Å². The fourth-order valence-electron chi connectivity index (χ4n) is 0.929. The molecule has 0 unspecified atom stereocenters. The molecule has 0 radical (unpaired) electrons. The molecular formula is C9H16N3O2S+. The molecule has 0 aromatic carbocycles. The van der Waals surface area contributed by atoms with Crippen LogP contribution in [0.1, 0.15) is 5.56 Å². The lowest BCUT2D eigenvalue weighted by Crippen LogP contribution is -2.73. The smallest absolute Gasteiger partial charge is 0.185 e. The second-order valence-corrected chi connectivity index (χ2v) is 2.68. The molecule has 0 spiro atoms. The molecule has 1 rings (SSSR count). The summed E-state index contributed by atoms with van der Waals surface area (Å²) >= 11 is 3.65. The Bertz CT molecular complexity index is 331. The Balaban J connectivity index is 0.000000921. The third-order valence-corrected chi connectivity index (χ3v) is 1.91. The number of hydrogen-bond acceptors (Lipinski definition) is 5. The van der Waals surface area contributed by atoms with Gasteiger partial charge in [-0.2, -0.15) is 0 Å². The average molecular weight is 230 g/mol. The summed E-state index contributed by atoms with van der Waals surface area (Å²) in [4.78, 5) is 3.99. The number of anilines is 1. The molecule has 5 N–H and O–H groups in total. The highest BCUT2D eigenvalue weighted by molar-refractivity contribution is 7.75. The molecule has 0 aliphatic rings. The van der Waals surface area contributed by atoms with Crippen LogP contribution in [0.3, 0.4) is 0 Å². The number of nitrogens with zero attached hydrogens (tertiary/aromatic N) is 1. The van der Waals surface area contributed by atoms with Gasteiger partial charge in [-0.15, -0.1) is 0 Å². The average Bonchev–Trinajstić information content (AvgIpc) is 2.31. The maximum atomic E-state index is 7.00. The number of aliphatic hydroxyl groups is 1. The largest absolute Gasteiger partial charge is 0.429 e. The molecule has 1 heterocycles. The summed E-state index contributed by atoms with van der Waals surface area (Å²) in [7, 11) is 2.89. The lowest BCUT2D eigenvalue weighted by molar-refractivity contribution is -0.538. The Labute approximate surface area is 94.6 Å². The molecule has 1 aromatic rings. The lowest BCUT2D eigenvalue weighted by Gasteiger charge is -2.04. The van der Waals surface area contributed by atoms with E-state index in [0.29, 0.717) is 11.6 Å². The third kappa shape index (κ3) is 3.78. The van der Waals surface area contributed by atoms with Crippen molar-refractivity contribution in [3.63, 3.8) is 0 Å². The Morgan fingerprint density at radius 3 is 2.73 bits per heavy atom. The van der Waals surface area contributed by atoms with Gasteiger partial charge < -0.3 is 20.3 Å². The van der Waals surface area contributed by atoms with E-state index in [-0.39, 0.29) is 0 Å². The van der Waals surface area contributed by atoms with Gasteiger partial charge in [-0.25, -0.2) is 4.98 Å². The first kappa shape index (κ1) is 13.8. The number of hydrogen-bond donors (Lipinski definition) is 4. The Hall–Kier alpha value is -1.24. The summed E-state index contributed by atoms with van der Waals surface area (Å²) < 4.78 is 4.68. The predicted octanol–water partition coefficient (Wildman–Crippen LogP) is -0.0709. The van der Waals surface area contributed by atoms with E-state index in [2.05, 4.69) is 28.7 Å². The summed E-state index contributed by atoms with van der Waals surface area (Å²) in [6.45, 7) is 3.66. The quantitative estimate of drug-likeness (QED) is 0.333. The summed E-state index contributed by atoms with van der Waals surface area (Å²) in [5.74, 6) is 0.956. The molecule has 5 nitrogen and oxygen atoms in total. The van der Waals surface area contributed by atoms with E-state index in [9.17, 15) is 0 Å². The Morgan fingerprint density at radius 1 is 1.67 bits per heavy atom. The van der Waals surface area contributed by atoms with Gasteiger partial charge in [-0.05, 0) is 0 Å². The molecule has 1 aromatic heterocycles. The van der Waals surface area contributed by atoms with Crippen molar-refractivity contribution in [3.05, 3.63) is 24.4 Å². The van der Waals surface area contributed by atoms with Crippen molar-refractivity contribution >= 4 is 30.2 Å². The van der Waals surface area contributed by atoms with Gasteiger partial charge in [0.2, 0.25) is 0 Å². The van der Waals surface area contributed by atoms with Crippen LogP contribution >= 0.6 is 12.9 Å². The number of nitrogens with two attached hydrogens (primary N) is 2. The van der Waals surface area contributed by atoms with Gasteiger partial charge in [-0.3, -0.25) is 0 Å². The predicted molar refractivity (Wildman–Crippen MR) is 63.4 cm³/mol. The van der Waals surface area contributed by atoms with Crippen LogP contribution in [-0.2, 0) is 4.18 Å². The van der Waals surface area contributed by atoms with Crippen LogP contribution < -0.4 is 11.1 Å².